The number of fused-ring (bicyclic) bond motifs is 9. The van der Waals surface area contributed by atoms with Crippen LogP contribution in [0.4, 0.5) is 0 Å². The van der Waals surface area contributed by atoms with E-state index >= 15 is 0 Å². The van der Waals surface area contributed by atoms with Crippen molar-refractivity contribution in [2.45, 2.75) is 0 Å². The molecule has 4 aromatic heterocycles. The highest BCUT2D eigenvalue weighted by atomic mass is 15.1. The van der Waals surface area contributed by atoms with Gasteiger partial charge < -0.3 is 13.7 Å². The Hall–Kier alpha value is -6.98. The van der Waals surface area contributed by atoms with Gasteiger partial charge in [0.1, 0.15) is 0 Å². The molecule has 0 unspecified atom stereocenters. The molecule has 0 fully saturated rings. The van der Waals surface area contributed by atoms with Crippen LogP contribution in [0.5, 0.6) is 0 Å². The van der Waals surface area contributed by atoms with Crippen LogP contribution in [0.2, 0.25) is 0 Å². The van der Waals surface area contributed by atoms with Crippen molar-refractivity contribution >= 4 is 65.4 Å². The second-order valence-electron chi connectivity index (χ2n) is 13.0. The number of para-hydroxylation sites is 6. The Balaban J connectivity index is 1.44. The quantitative estimate of drug-likeness (QED) is 0.190. The van der Waals surface area contributed by atoms with Crippen LogP contribution in [0, 0.1) is 0 Å². The number of rotatable bonds is 4. The molecule has 0 radical (unpaired) electrons. The standard InChI is InChI=1S/C46H29N5/c1-7-21-38-30(14-1)31-15-2-8-22-39(31)49(38)44-28-27-36(37-20-13-29-47-48-37)45(50-40-23-9-3-16-32(40)33-17-4-10-24-41(33)50)46(44)51-42-25-11-5-18-34(42)35-19-6-12-26-43(35)51/h1-29H. The van der Waals surface area contributed by atoms with Crippen molar-refractivity contribution in [1.29, 1.82) is 0 Å². The zero-order valence-electron chi connectivity index (χ0n) is 27.5. The fraction of sp³-hybridized carbons (Fsp3) is 0. The molecule has 0 atom stereocenters. The number of aromatic nitrogens is 5. The van der Waals surface area contributed by atoms with Gasteiger partial charge in [-0.1, -0.05) is 109 Å². The summed E-state index contributed by atoms with van der Waals surface area (Å²) in [5.41, 5.74) is 11.8. The summed E-state index contributed by atoms with van der Waals surface area (Å²) in [7, 11) is 0. The zero-order chi connectivity index (χ0) is 33.5. The molecule has 0 aliphatic heterocycles. The Morgan fingerprint density at radius 2 is 0.686 bits per heavy atom. The third-order valence-corrected chi connectivity index (χ3v) is 10.4. The third kappa shape index (κ3) is 3.91. The van der Waals surface area contributed by atoms with Crippen LogP contribution in [0.3, 0.4) is 0 Å². The molecular formula is C46H29N5. The van der Waals surface area contributed by atoms with E-state index in [4.69, 9.17) is 5.10 Å². The number of hydrogen-bond donors (Lipinski definition) is 0. The summed E-state index contributed by atoms with van der Waals surface area (Å²) < 4.78 is 7.37. The zero-order valence-corrected chi connectivity index (χ0v) is 27.5. The van der Waals surface area contributed by atoms with Gasteiger partial charge in [-0.05, 0) is 60.7 Å². The van der Waals surface area contributed by atoms with Gasteiger partial charge in [0.15, 0.2) is 0 Å². The van der Waals surface area contributed by atoms with Crippen LogP contribution < -0.4 is 0 Å². The number of benzene rings is 7. The molecule has 5 nitrogen and oxygen atoms in total. The molecule has 11 aromatic rings. The molecule has 0 spiro atoms. The second-order valence-corrected chi connectivity index (χ2v) is 13.0. The Morgan fingerprint density at radius 1 is 0.314 bits per heavy atom. The maximum absolute atomic E-state index is 4.74. The van der Waals surface area contributed by atoms with Gasteiger partial charge >= 0.3 is 0 Å². The molecule has 0 saturated carbocycles. The molecule has 5 heteroatoms. The highest BCUT2D eigenvalue weighted by Crippen LogP contribution is 2.45. The lowest BCUT2D eigenvalue weighted by Gasteiger charge is -2.24. The van der Waals surface area contributed by atoms with Gasteiger partial charge in [-0.3, -0.25) is 0 Å². The van der Waals surface area contributed by atoms with E-state index in [0.717, 1.165) is 61.4 Å². The molecule has 0 aliphatic rings. The summed E-state index contributed by atoms with van der Waals surface area (Å²) in [6, 6.07) is 61.0. The lowest BCUT2D eigenvalue weighted by molar-refractivity contribution is 1.02. The van der Waals surface area contributed by atoms with E-state index in [9.17, 15) is 0 Å². The smallest absolute Gasteiger partial charge is 0.0954 e. The first-order chi connectivity index (χ1) is 25.4. The maximum Gasteiger partial charge on any atom is 0.0954 e. The molecule has 238 valence electrons. The van der Waals surface area contributed by atoms with Crippen molar-refractivity contribution in [3.63, 3.8) is 0 Å². The SMILES string of the molecule is c1cnnc(-c2ccc(-n3c4ccccc4c4ccccc43)c(-n3c4ccccc4c4ccccc43)c2-n2c3ccccc3c3ccccc32)c1. The van der Waals surface area contributed by atoms with Gasteiger partial charge in [-0.2, -0.15) is 10.2 Å². The van der Waals surface area contributed by atoms with E-state index in [2.05, 4.69) is 183 Å². The molecule has 0 bridgehead atoms. The Labute approximate surface area is 292 Å². The summed E-state index contributed by atoms with van der Waals surface area (Å²) in [6.45, 7) is 0. The third-order valence-electron chi connectivity index (χ3n) is 10.4. The van der Waals surface area contributed by atoms with Crippen molar-refractivity contribution in [2.75, 3.05) is 0 Å². The number of hydrogen-bond acceptors (Lipinski definition) is 2. The average molecular weight is 652 g/mol. The molecule has 4 heterocycles. The second kappa shape index (κ2) is 10.8. The summed E-state index contributed by atoms with van der Waals surface area (Å²) in [4.78, 5) is 0. The van der Waals surface area contributed by atoms with E-state index in [1.807, 2.05) is 6.07 Å². The monoisotopic (exact) mass is 651 g/mol. The van der Waals surface area contributed by atoms with Crippen LogP contribution in [-0.4, -0.2) is 23.9 Å². The normalized spacial score (nSPS) is 11.9. The molecule has 51 heavy (non-hydrogen) atoms. The van der Waals surface area contributed by atoms with Crippen molar-refractivity contribution in [3.8, 4) is 28.3 Å². The fourth-order valence-electron chi connectivity index (χ4n) is 8.36. The molecule has 7 aromatic carbocycles. The maximum atomic E-state index is 4.74. The minimum absolute atomic E-state index is 0.810. The van der Waals surface area contributed by atoms with Crippen molar-refractivity contribution in [2.24, 2.45) is 0 Å². The van der Waals surface area contributed by atoms with E-state index in [0.29, 0.717) is 0 Å². The highest BCUT2D eigenvalue weighted by Gasteiger charge is 2.27. The molecule has 0 saturated heterocycles. The van der Waals surface area contributed by atoms with Gasteiger partial charge in [0.2, 0.25) is 0 Å². The van der Waals surface area contributed by atoms with Crippen molar-refractivity contribution < 1.29 is 0 Å². The lowest BCUT2D eigenvalue weighted by atomic mass is 10.0. The summed E-state index contributed by atoms with van der Waals surface area (Å²) in [5, 5.41) is 16.4. The van der Waals surface area contributed by atoms with E-state index in [-0.39, 0.29) is 0 Å². The minimum Gasteiger partial charge on any atom is -0.307 e. The molecule has 0 amide bonds. The van der Waals surface area contributed by atoms with E-state index in [1.54, 1.807) is 6.20 Å². The predicted octanol–water partition coefficient (Wildman–Crippen LogP) is 11.4. The molecule has 0 aliphatic carbocycles. The first-order valence-corrected chi connectivity index (χ1v) is 17.3. The Kier molecular flexibility index (Phi) is 5.89. The molecular weight excluding hydrogens is 623 g/mol. The molecule has 0 N–H and O–H groups in total. The summed E-state index contributed by atoms with van der Waals surface area (Å²) >= 11 is 0. The van der Waals surface area contributed by atoms with Gasteiger partial charge in [0.25, 0.3) is 0 Å². The minimum atomic E-state index is 0.810. The Bertz CT molecular complexity index is 2980. The van der Waals surface area contributed by atoms with Crippen molar-refractivity contribution in [1.82, 2.24) is 23.9 Å². The highest BCUT2D eigenvalue weighted by molar-refractivity contribution is 6.14. The largest absolute Gasteiger partial charge is 0.307 e. The Morgan fingerprint density at radius 3 is 1.08 bits per heavy atom. The lowest BCUT2D eigenvalue weighted by Crippen LogP contribution is -2.11. The van der Waals surface area contributed by atoms with Crippen LogP contribution in [0.1, 0.15) is 0 Å². The first kappa shape index (κ1) is 27.9. The van der Waals surface area contributed by atoms with Gasteiger partial charge in [0.05, 0.1) is 55.9 Å². The van der Waals surface area contributed by atoms with E-state index < -0.39 is 0 Å². The van der Waals surface area contributed by atoms with Crippen LogP contribution in [-0.2, 0) is 0 Å². The summed E-state index contributed by atoms with van der Waals surface area (Å²) in [6.07, 6.45) is 1.74. The van der Waals surface area contributed by atoms with Gasteiger partial charge in [0, 0.05) is 44.1 Å². The van der Waals surface area contributed by atoms with Crippen molar-refractivity contribution in [3.05, 3.63) is 176 Å². The predicted molar refractivity (Wildman–Crippen MR) is 210 cm³/mol. The first-order valence-electron chi connectivity index (χ1n) is 17.3. The average Bonchev–Trinajstić information content (AvgIpc) is 3.84. The molecule has 11 rings (SSSR count). The van der Waals surface area contributed by atoms with E-state index in [1.165, 1.54) is 32.3 Å². The fourth-order valence-corrected chi connectivity index (χ4v) is 8.36. The topological polar surface area (TPSA) is 40.6 Å². The number of nitrogens with zero attached hydrogens (tertiary/aromatic N) is 5. The van der Waals surface area contributed by atoms with Crippen LogP contribution >= 0.6 is 0 Å². The van der Waals surface area contributed by atoms with Crippen LogP contribution in [0.25, 0.3) is 93.7 Å². The van der Waals surface area contributed by atoms with Crippen LogP contribution in [0.15, 0.2) is 176 Å². The van der Waals surface area contributed by atoms with Gasteiger partial charge in [-0.15, -0.1) is 0 Å². The summed E-state index contributed by atoms with van der Waals surface area (Å²) in [5.74, 6) is 0. The van der Waals surface area contributed by atoms with Gasteiger partial charge in [-0.25, -0.2) is 0 Å².